The maximum Gasteiger partial charge on any atom is 0.271 e. The molecular formula is C26H25N5O2. The molecule has 1 unspecified atom stereocenters. The van der Waals surface area contributed by atoms with Gasteiger partial charge >= 0.3 is 0 Å². The predicted octanol–water partition coefficient (Wildman–Crippen LogP) is 5.41. The minimum atomic E-state index is -0.204. The Morgan fingerprint density at radius 3 is 2.79 bits per heavy atom. The lowest BCUT2D eigenvalue weighted by atomic mass is 9.81. The highest BCUT2D eigenvalue weighted by Crippen LogP contribution is 2.37. The monoisotopic (exact) mass is 439 g/mol. The Bertz CT molecular complexity index is 1270. The molecule has 1 aliphatic heterocycles. The first kappa shape index (κ1) is 21.0. The van der Waals surface area contributed by atoms with E-state index in [0.29, 0.717) is 17.7 Å². The van der Waals surface area contributed by atoms with Crippen molar-refractivity contribution >= 4 is 17.5 Å². The van der Waals surface area contributed by atoms with Gasteiger partial charge in [-0.1, -0.05) is 36.8 Å². The molecule has 1 fully saturated rings. The third-order valence-electron chi connectivity index (χ3n) is 6.36. The summed E-state index contributed by atoms with van der Waals surface area (Å²) in [6, 6.07) is 17.5. The lowest BCUT2D eigenvalue weighted by molar-refractivity contribution is -0.121. The fourth-order valence-corrected chi connectivity index (χ4v) is 4.64. The third-order valence-corrected chi connectivity index (χ3v) is 6.36. The van der Waals surface area contributed by atoms with Crippen LogP contribution in [0.2, 0.25) is 0 Å². The molecule has 2 aliphatic rings. The molecule has 0 spiro atoms. The normalized spacial score (nSPS) is 17.7. The molecule has 0 radical (unpaired) electrons. The van der Waals surface area contributed by atoms with Gasteiger partial charge in [0.05, 0.1) is 34.8 Å². The van der Waals surface area contributed by atoms with Crippen LogP contribution in [0.3, 0.4) is 0 Å². The van der Waals surface area contributed by atoms with E-state index < -0.39 is 0 Å². The van der Waals surface area contributed by atoms with Crippen LogP contribution in [-0.2, 0) is 11.2 Å². The molecule has 2 heterocycles. The molecule has 166 valence electrons. The van der Waals surface area contributed by atoms with Gasteiger partial charge in [-0.15, -0.1) is 5.11 Å². The van der Waals surface area contributed by atoms with Gasteiger partial charge in [-0.3, -0.25) is 9.59 Å². The number of benzene rings is 2. The van der Waals surface area contributed by atoms with Gasteiger partial charge in [0.15, 0.2) is 0 Å². The van der Waals surface area contributed by atoms with E-state index in [1.807, 2.05) is 61.5 Å². The topological polar surface area (TPSA) is 88.7 Å². The molecule has 5 rings (SSSR count). The van der Waals surface area contributed by atoms with Crippen molar-refractivity contribution in [2.24, 2.45) is 16.1 Å². The van der Waals surface area contributed by atoms with Gasteiger partial charge in [0.1, 0.15) is 0 Å². The first-order valence-corrected chi connectivity index (χ1v) is 11.3. The Balaban J connectivity index is 1.33. The second kappa shape index (κ2) is 8.94. The van der Waals surface area contributed by atoms with Gasteiger partial charge < -0.3 is 5.32 Å². The van der Waals surface area contributed by atoms with Crippen molar-refractivity contribution in [3.05, 3.63) is 88.9 Å². The number of allylic oxidation sites excluding steroid dienone is 1. The number of rotatable bonds is 5. The van der Waals surface area contributed by atoms with Crippen LogP contribution in [-0.4, -0.2) is 21.6 Å². The Kier molecular flexibility index (Phi) is 5.69. The Labute approximate surface area is 192 Å². The summed E-state index contributed by atoms with van der Waals surface area (Å²) >= 11 is 0. The van der Waals surface area contributed by atoms with Crippen molar-refractivity contribution in [3.63, 3.8) is 0 Å². The first-order valence-electron chi connectivity index (χ1n) is 11.3. The summed E-state index contributed by atoms with van der Waals surface area (Å²) in [5.41, 5.74) is 5.97. The smallest absolute Gasteiger partial charge is 0.271 e. The summed E-state index contributed by atoms with van der Waals surface area (Å²) < 4.78 is 1.76. The van der Waals surface area contributed by atoms with E-state index in [1.54, 1.807) is 10.9 Å². The SMILES string of the molecule is Cc1c(C(=O)Nc2cccc(CC3=C4CCCCC4C(=O)N=N3)c2)cnn1-c1ccccc1. The number of amides is 2. The van der Waals surface area contributed by atoms with Crippen molar-refractivity contribution in [2.45, 2.75) is 39.0 Å². The summed E-state index contributed by atoms with van der Waals surface area (Å²) in [7, 11) is 0. The van der Waals surface area contributed by atoms with Crippen molar-refractivity contribution in [1.29, 1.82) is 0 Å². The Hall–Kier alpha value is -3.87. The molecule has 1 saturated carbocycles. The van der Waals surface area contributed by atoms with Crippen molar-refractivity contribution in [3.8, 4) is 5.69 Å². The zero-order valence-electron chi connectivity index (χ0n) is 18.5. The summed E-state index contributed by atoms with van der Waals surface area (Å²) in [5, 5.41) is 15.5. The number of carbonyl (C=O) groups excluding carboxylic acids is 2. The van der Waals surface area contributed by atoms with Gasteiger partial charge in [0.2, 0.25) is 0 Å². The largest absolute Gasteiger partial charge is 0.322 e. The lowest BCUT2D eigenvalue weighted by Gasteiger charge is -2.26. The zero-order valence-corrected chi connectivity index (χ0v) is 18.5. The number of hydrogen-bond donors (Lipinski definition) is 1. The van der Waals surface area contributed by atoms with Crippen molar-refractivity contribution < 1.29 is 9.59 Å². The van der Waals surface area contributed by atoms with Gasteiger partial charge in [0.25, 0.3) is 11.8 Å². The summed E-state index contributed by atoms with van der Waals surface area (Å²) in [6.07, 6.45) is 6.11. The van der Waals surface area contributed by atoms with E-state index in [9.17, 15) is 9.59 Å². The average molecular weight is 440 g/mol. The molecule has 7 nitrogen and oxygen atoms in total. The number of anilines is 1. The van der Waals surface area contributed by atoms with Crippen LogP contribution in [0.4, 0.5) is 5.69 Å². The second-order valence-electron chi connectivity index (χ2n) is 8.53. The number of fused-ring (bicyclic) bond motifs is 1. The zero-order chi connectivity index (χ0) is 22.8. The van der Waals surface area contributed by atoms with Crippen LogP contribution in [0.1, 0.15) is 47.3 Å². The summed E-state index contributed by atoms with van der Waals surface area (Å²) in [5.74, 6) is -0.414. The number of para-hydroxylation sites is 1. The average Bonchev–Trinajstić information content (AvgIpc) is 3.23. The number of nitrogens with one attached hydrogen (secondary N) is 1. The number of nitrogens with zero attached hydrogens (tertiary/aromatic N) is 4. The quantitative estimate of drug-likeness (QED) is 0.576. The van der Waals surface area contributed by atoms with E-state index in [-0.39, 0.29) is 17.7 Å². The molecule has 1 aromatic heterocycles. The molecule has 3 aromatic rings. The van der Waals surface area contributed by atoms with Crippen molar-refractivity contribution in [1.82, 2.24) is 9.78 Å². The third kappa shape index (κ3) is 4.26. The second-order valence-corrected chi connectivity index (χ2v) is 8.53. The van der Waals surface area contributed by atoms with E-state index in [2.05, 4.69) is 20.6 Å². The minimum absolute atomic E-state index is 0.0988. The van der Waals surface area contributed by atoms with Crippen LogP contribution in [0.25, 0.3) is 5.69 Å². The molecule has 1 atom stereocenters. The van der Waals surface area contributed by atoms with Crippen LogP contribution < -0.4 is 5.32 Å². The fourth-order valence-electron chi connectivity index (χ4n) is 4.64. The molecule has 0 saturated heterocycles. The summed E-state index contributed by atoms with van der Waals surface area (Å²) in [6.45, 7) is 1.88. The Morgan fingerprint density at radius 2 is 1.94 bits per heavy atom. The van der Waals surface area contributed by atoms with E-state index in [1.165, 1.54) is 0 Å². The van der Waals surface area contributed by atoms with Crippen LogP contribution in [0, 0.1) is 12.8 Å². The minimum Gasteiger partial charge on any atom is -0.322 e. The first-order chi connectivity index (χ1) is 16.1. The number of aromatic nitrogens is 2. The number of carbonyl (C=O) groups is 2. The van der Waals surface area contributed by atoms with Crippen LogP contribution >= 0.6 is 0 Å². The number of azo groups is 1. The fraction of sp³-hybridized carbons (Fsp3) is 0.269. The lowest BCUT2D eigenvalue weighted by Crippen LogP contribution is -2.22. The maximum atomic E-state index is 13.0. The number of hydrogen-bond acceptors (Lipinski definition) is 4. The van der Waals surface area contributed by atoms with Gasteiger partial charge in [-0.05, 0) is 61.6 Å². The van der Waals surface area contributed by atoms with Crippen LogP contribution in [0.15, 0.2) is 82.3 Å². The van der Waals surface area contributed by atoms with E-state index in [4.69, 9.17) is 0 Å². The molecule has 1 N–H and O–H groups in total. The molecule has 1 aliphatic carbocycles. The molecular weight excluding hydrogens is 414 g/mol. The molecule has 2 amide bonds. The molecule has 33 heavy (non-hydrogen) atoms. The van der Waals surface area contributed by atoms with E-state index in [0.717, 1.165) is 53.9 Å². The van der Waals surface area contributed by atoms with Gasteiger partial charge in [0, 0.05) is 12.1 Å². The molecule has 2 aromatic carbocycles. The Morgan fingerprint density at radius 1 is 1.09 bits per heavy atom. The highest BCUT2D eigenvalue weighted by atomic mass is 16.2. The summed E-state index contributed by atoms with van der Waals surface area (Å²) in [4.78, 5) is 25.1. The molecule has 7 heteroatoms. The van der Waals surface area contributed by atoms with E-state index >= 15 is 0 Å². The van der Waals surface area contributed by atoms with Gasteiger partial charge in [-0.25, -0.2) is 4.68 Å². The highest BCUT2D eigenvalue weighted by molar-refractivity contribution is 6.05. The van der Waals surface area contributed by atoms with Crippen molar-refractivity contribution in [2.75, 3.05) is 5.32 Å². The van der Waals surface area contributed by atoms with Crippen LogP contribution in [0.5, 0.6) is 0 Å². The predicted molar refractivity (Wildman–Crippen MR) is 125 cm³/mol. The maximum absolute atomic E-state index is 13.0. The standard InChI is InChI=1S/C26H25N5O2/c1-17-23(16-27-31(17)20-10-3-2-4-11-20)25(32)28-19-9-7-8-18(14-19)15-24-21-12-5-6-13-22(21)26(33)30-29-24/h2-4,7-11,14,16,22H,5-6,12-13,15H2,1H3,(H,28,32). The molecule has 0 bridgehead atoms. The van der Waals surface area contributed by atoms with Gasteiger partial charge in [-0.2, -0.15) is 10.2 Å². The highest BCUT2D eigenvalue weighted by Gasteiger charge is 2.31.